The van der Waals surface area contributed by atoms with Gasteiger partial charge in [-0.05, 0) is 58.7 Å². The van der Waals surface area contributed by atoms with E-state index >= 15 is 0 Å². The van der Waals surface area contributed by atoms with Gasteiger partial charge in [0.25, 0.3) is 0 Å². The maximum absolute atomic E-state index is 11.9. The van der Waals surface area contributed by atoms with E-state index in [2.05, 4.69) is 15.3 Å². The second-order valence-electron chi connectivity index (χ2n) is 6.35. The highest BCUT2D eigenvalue weighted by molar-refractivity contribution is 8.77. The quantitative estimate of drug-likeness (QED) is 0.213. The maximum Gasteiger partial charge on any atom is 0.220 e. The van der Waals surface area contributed by atoms with Gasteiger partial charge in [0, 0.05) is 49.7 Å². The van der Waals surface area contributed by atoms with Gasteiger partial charge in [-0.25, -0.2) is 9.97 Å². The number of pyridine rings is 2. The van der Waals surface area contributed by atoms with E-state index in [1.807, 2.05) is 36.4 Å². The van der Waals surface area contributed by atoms with Crippen molar-refractivity contribution in [2.75, 3.05) is 18.1 Å². The van der Waals surface area contributed by atoms with Crippen LogP contribution in [0.1, 0.15) is 46.0 Å². The molecular formula is C22H31N3O2S4. The lowest BCUT2D eigenvalue weighted by Crippen LogP contribution is -2.24. The lowest BCUT2D eigenvalue weighted by Gasteiger charge is -2.05. The molecule has 1 amide bonds. The average molecular weight is 498 g/mol. The van der Waals surface area contributed by atoms with E-state index in [0.29, 0.717) is 31.6 Å². The van der Waals surface area contributed by atoms with Crippen LogP contribution in [0, 0.1) is 0 Å². The fourth-order valence-corrected chi connectivity index (χ4v) is 6.13. The molecule has 2 heterocycles. The monoisotopic (exact) mass is 497 g/mol. The molecule has 0 saturated carbocycles. The van der Waals surface area contributed by atoms with Crippen LogP contribution in [-0.2, 0) is 9.59 Å². The number of carbonyl (C=O) groups excluding carboxylic acids is 2. The summed E-state index contributed by atoms with van der Waals surface area (Å²) in [5, 5.41) is 4.89. The Morgan fingerprint density at radius 3 is 1.97 bits per heavy atom. The number of hydrogen-bond acceptors (Lipinski definition) is 8. The fourth-order valence-electron chi connectivity index (χ4n) is 2.35. The third-order valence-electron chi connectivity index (χ3n) is 3.90. The zero-order valence-corrected chi connectivity index (χ0v) is 20.1. The standard InChI is InChI=1S/C21H27N3O2S4.CH4/c25-18(11-16-27-29-20-9-3-6-14-23-20)8-2-1-5-13-22-19(26)12-17-28-30-21-10-4-7-15-24-21;/h3-4,6-7,9-10,14-15H,1-2,5,8,11-13,16-17H2,(H,22,26);1H4. The Morgan fingerprint density at radius 2 is 1.39 bits per heavy atom. The molecule has 0 aromatic carbocycles. The number of amides is 1. The molecule has 9 heteroatoms. The molecule has 2 aromatic heterocycles. The summed E-state index contributed by atoms with van der Waals surface area (Å²) in [6, 6.07) is 11.6. The molecule has 0 radical (unpaired) electrons. The Morgan fingerprint density at radius 1 is 0.774 bits per heavy atom. The van der Waals surface area contributed by atoms with Crippen molar-refractivity contribution >= 4 is 54.9 Å². The molecule has 31 heavy (non-hydrogen) atoms. The van der Waals surface area contributed by atoms with Crippen LogP contribution < -0.4 is 5.32 Å². The van der Waals surface area contributed by atoms with Crippen LogP contribution in [0.15, 0.2) is 58.8 Å². The highest BCUT2D eigenvalue weighted by Gasteiger charge is 2.05. The topological polar surface area (TPSA) is 72.0 Å². The average Bonchev–Trinajstić information content (AvgIpc) is 2.78. The van der Waals surface area contributed by atoms with Crippen molar-refractivity contribution in [2.45, 2.75) is 56.0 Å². The van der Waals surface area contributed by atoms with Crippen molar-refractivity contribution in [3.63, 3.8) is 0 Å². The second-order valence-corrected chi connectivity index (χ2v) is 11.2. The molecule has 170 valence electrons. The number of aromatic nitrogens is 2. The van der Waals surface area contributed by atoms with Gasteiger partial charge in [0.2, 0.25) is 5.91 Å². The summed E-state index contributed by atoms with van der Waals surface area (Å²) in [6.07, 6.45) is 8.06. The number of Topliss-reactive ketones (excluding diaryl/α,β-unsaturated/α-hetero) is 1. The number of hydrogen-bond donors (Lipinski definition) is 1. The maximum atomic E-state index is 11.9. The van der Waals surface area contributed by atoms with Gasteiger partial charge < -0.3 is 5.32 Å². The molecule has 0 fully saturated rings. The Labute approximate surface area is 201 Å². The van der Waals surface area contributed by atoms with Crippen LogP contribution >= 0.6 is 43.2 Å². The molecule has 0 saturated heterocycles. The Hall–Kier alpha value is -1.16. The van der Waals surface area contributed by atoms with E-state index < -0.39 is 0 Å². The van der Waals surface area contributed by atoms with Crippen molar-refractivity contribution in [1.82, 2.24) is 15.3 Å². The molecule has 0 aliphatic carbocycles. The van der Waals surface area contributed by atoms with E-state index in [-0.39, 0.29) is 13.3 Å². The molecular weight excluding hydrogens is 467 g/mol. The Kier molecular flexibility index (Phi) is 16.6. The van der Waals surface area contributed by atoms with Gasteiger partial charge in [-0.15, -0.1) is 0 Å². The largest absolute Gasteiger partial charge is 0.356 e. The van der Waals surface area contributed by atoms with Crippen LogP contribution in [0.3, 0.4) is 0 Å². The van der Waals surface area contributed by atoms with Gasteiger partial charge >= 0.3 is 0 Å². The zero-order chi connectivity index (χ0) is 21.3. The van der Waals surface area contributed by atoms with Crippen molar-refractivity contribution in [1.29, 1.82) is 0 Å². The molecule has 1 N–H and O–H groups in total. The van der Waals surface area contributed by atoms with Crippen molar-refractivity contribution in [3.05, 3.63) is 48.8 Å². The molecule has 0 spiro atoms. The minimum absolute atomic E-state index is 0. The summed E-state index contributed by atoms with van der Waals surface area (Å²) in [7, 11) is 6.52. The summed E-state index contributed by atoms with van der Waals surface area (Å²) < 4.78 is 0. The smallest absolute Gasteiger partial charge is 0.220 e. The van der Waals surface area contributed by atoms with Crippen LogP contribution in [0.2, 0.25) is 0 Å². The highest BCUT2D eigenvalue weighted by atomic mass is 33.1. The van der Waals surface area contributed by atoms with Crippen molar-refractivity contribution in [2.24, 2.45) is 0 Å². The summed E-state index contributed by atoms with van der Waals surface area (Å²) in [6.45, 7) is 0.682. The number of rotatable bonds is 16. The molecule has 0 aliphatic rings. The first-order valence-electron chi connectivity index (χ1n) is 9.93. The first kappa shape index (κ1) is 27.9. The lowest BCUT2D eigenvalue weighted by atomic mass is 10.1. The van der Waals surface area contributed by atoms with Crippen LogP contribution in [-0.4, -0.2) is 39.7 Å². The Bertz CT molecular complexity index is 673. The van der Waals surface area contributed by atoms with Gasteiger partial charge in [0.15, 0.2) is 0 Å². The molecule has 2 aromatic rings. The third kappa shape index (κ3) is 14.5. The molecule has 0 atom stereocenters. The van der Waals surface area contributed by atoms with Gasteiger partial charge in [-0.3, -0.25) is 9.59 Å². The normalized spacial score (nSPS) is 10.3. The van der Waals surface area contributed by atoms with E-state index in [0.717, 1.165) is 40.8 Å². The summed E-state index contributed by atoms with van der Waals surface area (Å²) in [5.41, 5.74) is 0. The highest BCUT2D eigenvalue weighted by Crippen LogP contribution is 2.30. The first-order valence-corrected chi connectivity index (χ1v) is 14.6. The molecule has 5 nitrogen and oxygen atoms in total. The minimum Gasteiger partial charge on any atom is -0.356 e. The zero-order valence-electron chi connectivity index (χ0n) is 16.8. The summed E-state index contributed by atoms with van der Waals surface area (Å²) >= 11 is 0. The molecule has 0 aliphatic heterocycles. The van der Waals surface area contributed by atoms with Crippen LogP contribution in [0.5, 0.6) is 0 Å². The number of carbonyl (C=O) groups is 2. The third-order valence-corrected chi connectivity index (χ3v) is 8.43. The second kappa shape index (κ2) is 18.4. The molecule has 0 bridgehead atoms. The van der Waals surface area contributed by atoms with Gasteiger partial charge in [0.05, 0.1) is 0 Å². The van der Waals surface area contributed by atoms with E-state index in [1.54, 1.807) is 55.6 Å². The molecule has 2 rings (SSSR count). The predicted molar refractivity (Wildman–Crippen MR) is 138 cm³/mol. The summed E-state index contributed by atoms with van der Waals surface area (Å²) in [4.78, 5) is 32.2. The van der Waals surface area contributed by atoms with E-state index in [9.17, 15) is 9.59 Å². The minimum atomic E-state index is 0. The molecule has 0 unspecified atom stereocenters. The SMILES string of the molecule is C.O=C(CCCCCNC(=O)CCSSc1ccccn1)CCSSc1ccccn1. The fraction of sp³-hybridized carbons (Fsp3) is 0.455. The van der Waals surface area contributed by atoms with Crippen LogP contribution in [0.25, 0.3) is 0 Å². The van der Waals surface area contributed by atoms with E-state index in [4.69, 9.17) is 0 Å². The number of nitrogens with one attached hydrogen (secondary N) is 1. The van der Waals surface area contributed by atoms with Crippen molar-refractivity contribution < 1.29 is 9.59 Å². The number of unbranched alkanes of at least 4 members (excludes halogenated alkanes) is 2. The summed E-state index contributed by atoms with van der Waals surface area (Å²) in [5.74, 6) is 1.98. The van der Waals surface area contributed by atoms with Crippen molar-refractivity contribution in [3.8, 4) is 0 Å². The van der Waals surface area contributed by atoms with Crippen LogP contribution in [0.4, 0.5) is 0 Å². The lowest BCUT2D eigenvalue weighted by molar-refractivity contribution is -0.121. The number of ketones is 1. The van der Waals surface area contributed by atoms with Gasteiger partial charge in [-0.2, -0.15) is 0 Å². The predicted octanol–water partition coefficient (Wildman–Crippen LogP) is 6.32. The van der Waals surface area contributed by atoms with E-state index in [1.165, 1.54) is 0 Å². The van der Waals surface area contributed by atoms with Gasteiger partial charge in [-0.1, -0.05) is 47.6 Å². The first-order chi connectivity index (χ1) is 14.7. The number of nitrogens with zero attached hydrogens (tertiary/aromatic N) is 2. The van der Waals surface area contributed by atoms with Gasteiger partial charge in [0.1, 0.15) is 15.8 Å². The Balaban J connectivity index is 0.00000480.